The highest BCUT2D eigenvalue weighted by molar-refractivity contribution is 5.93. The molecule has 1 saturated carbocycles. The number of ether oxygens (including phenoxy) is 2. The lowest BCUT2D eigenvalue weighted by Gasteiger charge is -2.54. The summed E-state index contributed by atoms with van der Waals surface area (Å²) in [6, 6.07) is 22.2. The van der Waals surface area contributed by atoms with Crippen LogP contribution < -0.4 is 10.1 Å². The van der Waals surface area contributed by atoms with Gasteiger partial charge in [-0.1, -0.05) is 74.9 Å². The highest BCUT2D eigenvalue weighted by atomic mass is 16.5. The van der Waals surface area contributed by atoms with Crippen LogP contribution >= 0.6 is 0 Å². The van der Waals surface area contributed by atoms with Gasteiger partial charge in [-0.3, -0.25) is 9.59 Å². The fourth-order valence-corrected chi connectivity index (χ4v) is 7.99. The first-order valence-electron chi connectivity index (χ1n) is 16.3. The fraction of sp³-hybridized carbons (Fsp3) is 0.421. The average Bonchev–Trinajstić information content (AvgIpc) is 3.52. The minimum Gasteiger partial charge on any atom is -0.489 e. The van der Waals surface area contributed by atoms with Crippen LogP contribution in [0.25, 0.3) is 11.3 Å². The minimum absolute atomic E-state index is 0.0484. The van der Waals surface area contributed by atoms with Crippen molar-refractivity contribution in [2.24, 2.45) is 11.3 Å². The van der Waals surface area contributed by atoms with Crippen LogP contribution in [0, 0.1) is 11.3 Å². The molecule has 0 saturated heterocycles. The van der Waals surface area contributed by atoms with Crippen LogP contribution in [-0.4, -0.2) is 34.0 Å². The average molecular weight is 621 g/mol. The summed E-state index contributed by atoms with van der Waals surface area (Å²) in [4.78, 5) is 26.5. The van der Waals surface area contributed by atoms with Crippen molar-refractivity contribution in [1.82, 2.24) is 15.0 Å². The van der Waals surface area contributed by atoms with E-state index >= 15 is 0 Å². The number of carbonyl (C=O) groups excluding carboxylic acids is 2. The first kappa shape index (κ1) is 31.5. The Kier molecular flexibility index (Phi) is 8.73. The Balaban J connectivity index is 1.18. The summed E-state index contributed by atoms with van der Waals surface area (Å²) in [7, 11) is 1.50. The second-order valence-electron chi connectivity index (χ2n) is 13.6. The molecule has 1 fully saturated rings. The Morgan fingerprint density at radius 1 is 1.02 bits per heavy atom. The van der Waals surface area contributed by atoms with Crippen LogP contribution in [0.3, 0.4) is 0 Å². The molecule has 8 heteroatoms. The van der Waals surface area contributed by atoms with E-state index in [4.69, 9.17) is 9.47 Å². The molecule has 2 aliphatic rings. The molecule has 0 spiro atoms. The number of nitrogens with one attached hydrogen (secondary N) is 1. The van der Waals surface area contributed by atoms with Crippen molar-refractivity contribution in [2.45, 2.75) is 84.3 Å². The van der Waals surface area contributed by atoms with Gasteiger partial charge >= 0.3 is 5.97 Å². The molecule has 0 radical (unpaired) electrons. The number of rotatable bonds is 9. The Labute approximate surface area is 271 Å². The van der Waals surface area contributed by atoms with Gasteiger partial charge in [0.2, 0.25) is 5.91 Å². The van der Waals surface area contributed by atoms with E-state index in [-0.39, 0.29) is 35.7 Å². The topological polar surface area (TPSA) is 95.3 Å². The van der Waals surface area contributed by atoms with E-state index in [0.717, 1.165) is 60.2 Å². The lowest BCUT2D eigenvalue weighted by Crippen LogP contribution is -2.52. The SMILES string of the molecule is COC(=O)[C@]1(C)CCC[C@]2(C)c3ccc(C(C)C)c(NC(=O)Cn4cc(-c5ccc(OCc6ccccc6)cc5)nn4)c3CC[C@@H]12. The van der Waals surface area contributed by atoms with E-state index in [9.17, 15) is 9.59 Å². The van der Waals surface area contributed by atoms with Crippen molar-refractivity contribution in [1.29, 1.82) is 0 Å². The van der Waals surface area contributed by atoms with E-state index in [1.54, 1.807) is 10.9 Å². The number of benzene rings is 3. The first-order chi connectivity index (χ1) is 22.1. The van der Waals surface area contributed by atoms with Crippen LogP contribution in [0.4, 0.5) is 5.69 Å². The number of aromatic nitrogens is 3. The van der Waals surface area contributed by atoms with Crippen molar-refractivity contribution in [2.75, 3.05) is 12.4 Å². The molecule has 3 aromatic carbocycles. The standard InChI is InChI=1S/C38H44N4O4/c1-25(2)29-16-18-31-30(17-19-33-37(31,3)20-9-21-38(33,4)36(44)45-5)35(29)39-34(43)23-42-22-32(40-41-42)27-12-14-28(15-13-27)46-24-26-10-7-6-8-11-26/h6-8,10-16,18,22,25,33H,9,17,19-21,23-24H2,1-5H3,(H,39,43)/t33-,37-,38-/m1/s1. The third-order valence-corrected chi connectivity index (χ3v) is 10.4. The number of esters is 1. The van der Waals surface area contributed by atoms with E-state index in [1.807, 2.05) is 54.6 Å². The minimum atomic E-state index is -0.514. The van der Waals surface area contributed by atoms with E-state index in [1.165, 1.54) is 18.2 Å². The van der Waals surface area contributed by atoms with E-state index in [0.29, 0.717) is 12.3 Å². The van der Waals surface area contributed by atoms with Crippen molar-refractivity contribution in [3.8, 4) is 17.0 Å². The summed E-state index contributed by atoms with van der Waals surface area (Å²) < 4.78 is 12.8. The highest BCUT2D eigenvalue weighted by Crippen LogP contribution is 2.58. The normalized spacial score (nSPS) is 22.1. The van der Waals surface area contributed by atoms with Crippen LogP contribution in [-0.2, 0) is 39.3 Å². The van der Waals surface area contributed by atoms with Crippen LogP contribution in [0.5, 0.6) is 5.75 Å². The van der Waals surface area contributed by atoms with E-state index in [2.05, 4.69) is 55.5 Å². The Morgan fingerprint density at radius 2 is 1.78 bits per heavy atom. The van der Waals surface area contributed by atoms with Gasteiger partial charge in [0.25, 0.3) is 0 Å². The summed E-state index contributed by atoms with van der Waals surface area (Å²) in [6.45, 7) is 9.24. The zero-order chi connectivity index (χ0) is 32.5. The molecule has 1 amide bonds. The summed E-state index contributed by atoms with van der Waals surface area (Å²) >= 11 is 0. The van der Waals surface area contributed by atoms with Gasteiger partial charge in [0, 0.05) is 11.3 Å². The third-order valence-electron chi connectivity index (χ3n) is 10.4. The van der Waals surface area contributed by atoms with Gasteiger partial charge in [0.1, 0.15) is 24.6 Å². The fourth-order valence-electron chi connectivity index (χ4n) is 7.99. The van der Waals surface area contributed by atoms with Gasteiger partial charge in [0.05, 0.1) is 18.7 Å². The number of anilines is 1. The monoisotopic (exact) mass is 620 g/mol. The number of nitrogens with zero attached hydrogens (tertiary/aromatic N) is 3. The van der Waals surface area contributed by atoms with Crippen LogP contribution in [0.1, 0.15) is 81.5 Å². The maximum atomic E-state index is 13.5. The zero-order valence-electron chi connectivity index (χ0n) is 27.5. The van der Waals surface area contributed by atoms with Crippen molar-refractivity contribution in [3.05, 3.63) is 95.2 Å². The molecule has 1 N–H and O–H groups in total. The Bertz CT molecular complexity index is 1710. The second-order valence-corrected chi connectivity index (χ2v) is 13.6. The maximum absolute atomic E-state index is 13.5. The first-order valence-corrected chi connectivity index (χ1v) is 16.3. The summed E-state index contributed by atoms with van der Waals surface area (Å²) in [5.41, 5.74) is 6.48. The molecule has 4 aromatic rings. The zero-order valence-corrected chi connectivity index (χ0v) is 27.5. The van der Waals surface area contributed by atoms with Gasteiger partial charge in [-0.05, 0) is 96.4 Å². The molecule has 2 aliphatic carbocycles. The number of carbonyl (C=O) groups is 2. The molecule has 0 aliphatic heterocycles. The Hall–Kier alpha value is -4.46. The Morgan fingerprint density at radius 3 is 2.50 bits per heavy atom. The van der Waals surface area contributed by atoms with Gasteiger partial charge in [-0.25, -0.2) is 4.68 Å². The number of fused-ring (bicyclic) bond motifs is 3. The summed E-state index contributed by atoms with van der Waals surface area (Å²) in [6.07, 6.45) is 6.29. The molecule has 6 rings (SSSR count). The second kappa shape index (κ2) is 12.7. The summed E-state index contributed by atoms with van der Waals surface area (Å²) in [5, 5.41) is 11.9. The molecule has 1 heterocycles. The van der Waals surface area contributed by atoms with Gasteiger partial charge in [-0.15, -0.1) is 5.10 Å². The van der Waals surface area contributed by atoms with Crippen molar-refractivity contribution < 1.29 is 19.1 Å². The number of amides is 1. The lowest BCUT2D eigenvalue weighted by atomic mass is 9.49. The van der Waals surface area contributed by atoms with Gasteiger partial charge < -0.3 is 14.8 Å². The molecule has 8 nitrogen and oxygen atoms in total. The molecule has 46 heavy (non-hydrogen) atoms. The molecule has 240 valence electrons. The lowest BCUT2D eigenvalue weighted by molar-refractivity contribution is -0.161. The molecule has 3 atom stereocenters. The van der Waals surface area contributed by atoms with Crippen molar-refractivity contribution in [3.63, 3.8) is 0 Å². The smallest absolute Gasteiger partial charge is 0.311 e. The predicted molar refractivity (Wildman–Crippen MR) is 179 cm³/mol. The predicted octanol–water partition coefficient (Wildman–Crippen LogP) is 7.47. The number of hydrogen-bond acceptors (Lipinski definition) is 6. The van der Waals surface area contributed by atoms with Crippen LogP contribution in [0.2, 0.25) is 0 Å². The molecular formula is C38H44N4O4. The molecular weight excluding hydrogens is 576 g/mol. The number of hydrogen-bond donors (Lipinski definition) is 1. The van der Waals surface area contributed by atoms with Gasteiger partial charge in [-0.2, -0.15) is 0 Å². The van der Waals surface area contributed by atoms with Gasteiger partial charge in [0.15, 0.2) is 0 Å². The summed E-state index contributed by atoms with van der Waals surface area (Å²) in [5.74, 6) is 0.927. The largest absolute Gasteiger partial charge is 0.489 e. The maximum Gasteiger partial charge on any atom is 0.311 e. The van der Waals surface area contributed by atoms with E-state index < -0.39 is 5.41 Å². The number of methoxy groups -OCH3 is 1. The van der Waals surface area contributed by atoms with Crippen LogP contribution in [0.15, 0.2) is 72.9 Å². The van der Waals surface area contributed by atoms with Crippen molar-refractivity contribution >= 4 is 17.6 Å². The molecule has 1 aromatic heterocycles. The third kappa shape index (κ3) is 5.93. The quantitative estimate of drug-likeness (QED) is 0.195. The highest BCUT2D eigenvalue weighted by Gasteiger charge is 2.56. The molecule has 0 unspecified atom stereocenters. The molecule has 0 bridgehead atoms.